The van der Waals surface area contributed by atoms with Crippen molar-refractivity contribution in [1.29, 1.82) is 0 Å². The van der Waals surface area contributed by atoms with Crippen LogP contribution >= 0.6 is 12.4 Å². The number of rotatable bonds is 1. The molecular weight excluding hydrogens is 212 g/mol. The number of carbonyl (C=O) groups is 1. The van der Waals surface area contributed by atoms with E-state index in [1.54, 1.807) is 0 Å². The molecule has 0 unspecified atom stereocenters. The van der Waals surface area contributed by atoms with Crippen LogP contribution in [0.15, 0.2) is 0 Å². The van der Waals surface area contributed by atoms with Crippen LogP contribution in [-0.2, 0) is 4.79 Å². The predicted octanol–water partition coefficient (Wildman–Crippen LogP) is 1.42. The molecule has 0 spiro atoms. The molecule has 0 radical (unpaired) electrons. The average Bonchev–Trinajstić information content (AvgIpc) is 2.65. The minimum atomic E-state index is 0. The first-order valence-corrected chi connectivity index (χ1v) is 5.80. The predicted molar refractivity (Wildman–Crippen MR) is 63.3 cm³/mol. The Hall–Kier alpha value is -0.280. The summed E-state index contributed by atoms with van der Waals surface area (Å²) in [5.74, 6) is 0.716. The van der Waals surface area contributed by atoms with Crippen molar-refractivity contribution in [2.45, 2.75) is 38.6 Å². The van der Waals surface area contributed by atoms with Crippen LogP contribution in [0.4, 0.5) is 0 Å². The van der Waals surface area contributed by atoms with Crippen molar-refractivity contribution >= 4 is 18.3 Å². The van der Waals surface area contributed by atoms with Crippen LogP contribution in [0.1, 0.15) is 32.6 Å². The standard InChI is InChI=1S/C11H20N2O.ClH/c1-9-3-2-8-13(9)11(14)10-4-6-12-7-5-10;/h9-10,12H,2-8H2,1H3;1H/t9-;/m1./s1. The summed E-state index contributed by atoms with van der Waals surface area (Å²) < 4.78 is 0. The lowest BCUT2D eigenvalue weighted by Gasteiger charge is -2.29. The summed E-state index contributed by atoms with van der Waals surface area (Å²) in [5, 5.41) is 3.30. The largest absolute Gasteiger partial charge is 0.340 e. The van der Waals surface area contributed by atoms with Gasteiger partial charge in [-0.2, -0.15) is 0 Å². The summed E-state index contributed by atoms with van der Waals surface area (Å²) in [6, 6.07) is 0.484. The summed E-state index contributed by atoms with van der Waals surface area (Å²) >= 11 is 0. The lowest BCUT2D eigenvalue weighted by Crippen LogP contribution is -2.42. The number of likely N-dealkylation sites (tertiary alicyclic amines) is 1. The molecule has 15 heavy (non-hydrogen) atoms. The van der Waals surface area contributed by atoms with Crippen molar-refractivity contribution in [3.8, 4) is 0 Å². The number of nitrogens with zero attached hydrogens (tertiary/aromatic N) is 1. The highest BCUT2D eigenvalue weighted by Crippen LogP contribution is 2.22. The third-order valence-electron chi connectivity index (χ3n) is 3.52. The lowest BCUT2D eigenvalue weighted by atomic mass is 9.96. The first kappa shape index (κ1) is 12.8. The molecule has 2 saturated heterocycles. The smallest absolute Gasteiger partial charge is 0.226 e. The van der Waals surface area contributed by atoms with Gasteiger partial charge in [0.15, 0.2) is 0 Å². The highest BCUT2D eigenvalue weighted by Gasteiger charge is 2.30. The number of halogens is 1. The average molecular weight is 233 g/mol. The molecule has 0 aromatic rings. The van der Waals surface area contributed by atoms with Crippen LogP contribution in [0.2, 0.25) is 0 Å². The van der Waals surface area contributed by atoms with Crippen LogP contribution in [-0.4, -0.2) is 36.5 Å². The zero-order valence-electron chi connectivity index (χ0n) is 9.37. The number of amides is 1. The molecule has 2 fully saturated rings. The maximum atomic E-state index is 12.1. The van der Waals surface area contributed by atoms with Crippen LogP contribution < -0.4 is 5.32 Å². The number of hydrogen-bond donors (Lipinski definition) is 1. The van der Waals surface area contributed by atoms with Crippen molar-refractivity contribution in [2.75, 3.05) is 19.6 Å². The molecular formula is C11H21ClN2O. The second-order valence-corrected chi connectivity index (χ2v) is 4.55. The first-order chi connectivity index (χ1) is 6.79. The molecule has 1 N–H and O–H groups in total. The lowest BCUT2D eigenvalue weighted by molar-refractivity contribution is -0.136. The van der Waals surface area contributed by atoms with E-state index in [1.807, 2.05) is 0 Å². The number of piperidine rings is 1. The Morgan fingerprint density at radius 3 is 2.47 bits per heavy atom. The van der Waals surface area contributed by atoms with Crippen LogP contribution in [0.5, 0.6) is 0 Å². The molecule has 2 heterocycles. The Morgan fingerprint density at radius 2 is 1.93 bits per heavy atom. The summed E-state index contributed by atoms with van der Waals surface area (Å²) in [4.78, 5) is 14.2. The van der Waals surface area contributed by atoms with Gasteiger partial charge in [-0.05, 0) is 45.7 Å². The van der Waals surface area contributed by atoms with E-state index in [0.717, 1.165) is 32.5 Å². The van der Waals surface area contributed by atoms with E-state index in [9.17, 15) is 4.79 Å². The molecule has 88 valence electrons. The normalized spacial score (nSPS) is 27.5. The molecule has 2 aliphatic rings. The van der Waals surface area contributed by atoms with Gasteiger partial charge < -0.3 is 10.2 Å². The van der Waals surface area contributed by atoms with Gasteiger partial charge in [0.2, 0.25) is 5.91 Å². The quantitative estimate of drug-likeness (QED) is 0.742. The van der Waals surface area contributed by atoms with Gasteiger partial charge in [0.05, 0.1) is 0 Å². The number of nitrogens with one attached hydrogen (secondary N) is 1. The summed E-state index contributed by atoms with van der Waals surface area (Å²) in [6.07, 6.45) is 4.44. The van der Waals surface area contributed by atoms with Gasteiger partial charge in [0.1, 0.15) is 0 Å². The first-order valence-electron chi connectivity index (χ1n) is 5.80. The van der Waals surface area contributed by atoms with E-state index in [-0.39, 0.29) is 12.4 Å². The molecule has 2 aliphatic heterocycles. The fourth-order valence-electron chi connectivity index (χ4n) is 2.56. The molecule has 0 bridgehead atoms. The van der Waals surface area contributed by atoms with E-state index in [0.29, 0.717) is 17.9 Å². The van der Waals surface area contributed by atoms with Gasteiger partial charge >= 0.3 is 0 Å². The zero-order chi connectivity index (χ0) is 9.97. The van der Waals surface area contributed by atoms with Crippen LogP contribution in [0.3, 0.4) is 0 Å². The SMILES string of the molecule is C[C@@H]1CCCN1C(=O)C1CCNCC1.Cl. The summed E-state index contributed by atoms with van der Waals surface area (Å²) in [6.45, 7) is 5.19. The zero-order valence-corrected chi connectivity index (χ0v) is 10.2. The topological polar surface area (TPSA) is 32.3 Å². The highest BCUT2D eigenvalue weighted by atomic mass is 35.5. The molecule has 1 atom stereocenters. The maximum Gasteiger partial charge on any atom is 0.226 e. The second-order valence-electron chi connectivity index (χ2n) is 4.55. The molecule has 0 saturated carbocycles. The van der Waals surface area contributed by atoms with Crippen molar-refractivity contribution in [3.05, 3.63) is 0 Å². The van der Waals surface area contributed by atoms with E-state index < -0.39 is 0 Å². The van der Waals surface area contributed by atoms with Crippen molar-refractivity contribution in [3.63, 3.8) is 0 Å². The molecule has 4 heteroatoms. The third-order valence-corrected chi connectivity index (χ3v) is 3.52. The molecule has 1 amide bonds. The maximum absolute atomic E-state index is 12.1. The van der Waals surface area contributed by atoms with E-state index in [1.165, 1.54) is 12.8 Å². The molecule has 3 nitrogen and oxygen atoms in total. The minimum Gasteiger partial charge on any atom is -0.340 e. The Balaban J connectivity index is 0.00000112. The Labute approximate surface area is 98.0 Å². The molecule has 0 aromatic heterocycles. The molecule has 0 aliphatic carbocycles. The summed E-state index contributed by atoms with van der Waals surface area (Å²) in [5.41, 5.74) is 0. The van der Waals surface area contributed by atoms with Crippen LogP contribution in [0, 0.1) is 5.92 Å². The minimum absolute atomic E-state index is 0. The Bertz CT molecular complexity index is 217. The number of hydrogen-bond acceptors (Lipinski definition) is 2. The fourth-order valence-corrected chi connectivity index (χ4v) is 2.56. The Kier molecular flexibility index (Phi) is 4.87. The second kappa shape index (κ2) is 5.71. The van der Waals surface area contributed by atoms with Gasteiger partial charge in [-0.25, -0.2) is 0 Å². The van der Waals surface area contributed by atoms with E-state index >= 15 is 0 Å². The fraction of sp³-hybridized carbons (Fsp3) is 0.909. The molecule has 2 rings (SSSR count). The molecule has 0 aromatic carbocycles. The summed E-state index contributed by atoms with van der Waals surface area (Å²) in [7, 11) is 0. The van der Waals surface area contributed by atoms with E-state index in [2.05, 4.69) is 17.1 Å². The Morgan fingerprint density at radius 1 is 1.27 bits per heavy atom. The van der Waals surface area contributed by atoms with Gasteiger partial charge in [-0.3, -0.25) is 4.79 Å². The van der Waals surface area contributed by atoms with E-state index in [4.69, 9.17) is 0 Å². The van der Waals surface area contributed by atoms with Crippen molar-refractivity contribution in [1.82, 2.24) is 10.2 Å². The van der Waals surface area contributed by atoms with Gasteiger partial charge in [-0.15, -0.1) is 12.4 Å². The monoisotopic (exact) mass is 232 g/mol. The number of carbonyl (C=O) groups excluding carboxylic acids is 1. The van der Waals surface area contributed by atoms with Gasteiger partial charge in [0, 0.05) is 18.5 Å². The van der Waals surface area contributed by atoms with Gasteiger partial charge in [-0.1, -0.05) is 0 Å². The van der Waals surface area contributed by atoms with Crippen molar-refractivity contribution in [2.24, 2.45) is 5.92 Å². The third kappa shape index (κ3) is 2.85. The van der Waals surface area contributed by atoms with Crippen molar-refractivity contribution < 1.29 is 4.79 Å². The van der Waals surface area contributed by atoms with Crippen LogP contribution in [0.25, 0.3) is 0 Å². The highest BCUT2D eigenvalue weighted by molar-refractivity contribution is 5.85. The van der Waals surface area contributed by atoms with Gasteiger partial charge in [0.25, 0.3) is 0 Å².